The summed E-state index contributed by atoms with van der Waals surface area (Å²) in [7, 11) is 1.91. The third-order valence-corrected chi connectivity index (χ3v) is 9.45. The van der Waals surface area contributed by atoms with Gasteiger partial charge in [-0.05, 0) is 16.6 Å². The van der Waals surface area contributed by atoms with Gasteiger partial charge in [-0.2, -0.15) is 0 Å². The molecular weight excluding hydrogens is 164 g/mol. The Morgan fingerprint density at radius 1 is 0.917 bits per heavy atom. The predicted molar refractivity (Wildman–Crippen MR) is 57.5 cm³/mol. The van der Waals surface area contributed by atoms with Gasteiger partial charge in [0.1, 0.15) is 0 Å². The van der Waals surface area contributed by atoms with Crippen molar-refractivity contribution < 1.29 is 4.43 Å². The van der Waals surface area contributed by atoms with Crippen LogP contribution in [0.1, 0.15) is 41.5 Å². The highest BCUT2D eigenvalue weighted by Gasteiger charge is 2.50. The highest BCUT2D eigenvalue weighted by molar-refractivity contribution is 6.78. The van der Waals surface area contributed by atoms with E-state index in [9.17, 15) is 0 Å². The molecule has 1 nitrogen and oxygen atoms in total. The van der Waals surface area contributed by atoms with Crippen LogP contribution < -0.4 is 0 Å². The summed E-state index contributed by atoms with van der Waals surface area (Å²) in [6.07, 6.45) is 0. The maximum Gasteiger partial charge on any atom is 0.200 e. The summed E-state index contributed by atoms with van der Waals surface area (Å²) in [6.45, 7) is 15.7. The van der Waals surface area contributed by atoms with Gasteiger partial charge in [0.2, 0.25) is 0 Å². The van der Waals surface area contributed by atoms with E-state index in [0.717, 1.165) is 0 Å². The van der Waals surface area contributed by atoms with Crippen molar-refractivity contribution in [2.75, 3.05) is 0 Å². The molecule has 0 aliphatic heterocycles. The van der Waals surface area contributed by atoms with Crippen LogP contribution in [0.2, 0.25) is 16.6 Å². The highest BCUT2D eigenvalue weighted by Crippen LogP contribution is 2.51. The summed E-state index contributed by atoms with van der Waals surface area (Å²) < 4.78 is 5.56. The Morgan fingerprint density at radius 3 is 1.17 bits per heavy atom. The molecule has 0 bridgehead atoms. The zero-order valence-corrected chi connectivity index (χ0v) is 10.6. The summed E-state index contributed by atoms with van der Waals surface area (Å²) in [5, 5.41) is 0.486. The van der Waals surface area contributed by atoms with Crippen LogP contribution in [0.3, 0.4) is 0 Å². The molecule has 0 aliphatic rings. The van der Waals surface area contributed by atoms with Gasteiger partial charge in [0.25, 0.3) is 0 Å². The Balaban J connectivity index is 4.95. The first-order valence-corrected chi connectivity index (χ1v) is 6.90. The average molecular weight is 187 g/mol. The Bertz CT molecular complexity index is 136. The van der Waals surface area contributed by atoms with E-state index in [4.69, 9.17) is 4.43 Å². The number of hydrogen-bond donors (Lipinski definition) is 0. The van der Waals surface area contributed by atoms with Gasteiger partial charge in [0, 0.05) is 0 Å². The summed E-state index contributed by atoms with van der Waals surface area (Å²) >= 11 is 0. The van der Waals surface area contributed by atoms with Gasteiger partial charge in [0.05, 0.1) is 7.11 Å². The molecule has 1 radical (unpaired) electrons. The molecular formula is C10H23OSi. The molecule has 0 atom stereocenters. The largest absolute Gasteiger partial charge is 0.414 e. The molecule has 0 unspecified atom stereocenters. The van der Waals surface area contributed by atoms with Crippen LogP contribution in [0.5, 0.6) is 0 Å². The third-order valence-electron chi connectivity index (χ3n) is 3.15. The third kappa shape index (κ3) is 1.91. The Kier molecular flexibility index (Phi) is 3.19. The van der Waals surface area contributed by atoms with Crippen LogP contribution >= 0.6 is 0 Å². The van der Waals surface area contributed by atoms with Crippen molar-refractivity contribution in [1.82, 2.24) is 0 Å². The molecule has 0 aromatic rings. The summed E-state index contributed by atoms with van der Waals surface area (Å²) in [6, 6.07) is 0. The molecule has 0 heterocycles. The molecule has 0 amide bonds. The van der Waals surface area contributed by atoms with Crippen LogP contribution in [-0.4, -0.2) is 8.32 Å². The predicted octanol–water partition coefficient (Wildman–Crippen LogP) is 3.97. The molecule has 0 aromatic carbocycles. The van der Waals surface area contributed by atoms with Gasteiger partial charge >= 0.3 is 0 Å². The summed E-state index contributed by atoms with van der Waals surface area (Å²) in [5.74, 6) is 0. The number of rotatable bonds is 1. The topological polar surface area (TPSA) is 9.23 Å². The molecule has 0 rings (SSSR count). The van der Waals surface area contributed by atoms with E-state index in [1.807, 2.05) is 0 Å². The second-order valence-electron chi connectivity index (χ2n) is 5.68. The molecule has 0 spiro atoms. The van der Waals surface area contributed by atoms with Crippen molar-refractivity contribution in [1.29, 1.82) is 0 Å². The minimum atomic E-state index is -1.74. The Labute approximate surface area is 78.6 Å². The fourth-order valence-electron chi connectivity index (χ4n) is 1.56. The normalized spacial score (nSPS) is 15.0. The van der Waals surface area contributed by atoms with Gasteiger partial charge in [-0.25, -0.2) is 0 Å². The maximum absolute atomic E-state index is 5.56. The molecule has 0 aliphatic carbocycles. The zero-order valence-electron chi connectivity index (χ0n) is 9.62. The van der Waals surface area contributed by atoms with E-state index in [1.165, 1.54) is 0 Å². The fraction of sp³-hybridized carbons (Fsp3) is 0.900. The monoisotopic (exact) mass is 187 g/mol. The van der Waals surface area contributed by atoms with Crippen LogP contribution in [0.25, 0.3) is 0 Å². The van der Waals surface area contributed by atoms with Crippen LogP contribution in [0, 0.1) is 7.11 Å². The first kappa shape index (κ1) is 12.2. The molecule has 0 aromatic heterocycles. The van der Waals surface area contributed by atoms with Gasteiger partial charge in [-0.1, -0.05) is 41.5 Å². The second-order valence-corrected chi connectivity index (χ2v) is 11.0. The van der Waals surface area contributed by atoms with E-state index in [-0.39, 0.29) is 10.1 Å². The van der Waals surface area contributed by atoms with Crippen molar-refractivity contribution in [3.8, 4) is 0 Å². The average Bonchev–Trinajstić information content (AvgIpc) is 1.81. The van der Waals surface area contributed by atoms with Crippen molar-refractivity contribution >= 4 is 8.32 Å². The lowest BCUT2D eigenvalue weighted by Gasteiger charge is -2.47. The van der Waals surface area contributed by atoms with Crippen LogP contribution in [0.4, 0.5) is 0 Å². The van der Waals surface area contributed by atoms with Crippen molar-refractivity contribution in [3.63, 3.8) is 0 Å². The van der Waals surface area contributed by atoms with Gasteiger partial charge < -0.3 is 4.43 Å². The first-order valence-electron chi connectivity index (χ1n) is 4.49. The van der Waals surface area contributed by atoms with Crippen molar-refractivity contribution in [2.24, 2.45) is 0 Å². The summed E-state index contributed by atoms with van der Waals surface area (Å²) in [5.41, 5.74) is 0. The summed E-state index contributed by atoms with van der Waals surface area (Å²) in [4.78, 5) is 0. The SMILES string of the molecule is [CH2]O[Si](C)(C(C)(C)C)C(C)(C)C. The second kappa shape index (κ2) is 3.15. The molecule has 12 heavy (non-hydrogen) atoms. The van der Waals surface area contributed by atoms with Gasteiger partial charge in [-0.3, -0.25) is 0 Å². The van der Waals surface area contributed by atoms with E-state index in [1.54, 1.807) is 0 Å². The molecule has 0 saturated heterocycles. The first-order chi connectivity index (χ1) is 5.06. The minimum absolute atomic E-state index is 0.243. The van der Waals surface area contributed by atoms with Gasteiger partial charge in [0.15, 0.2) is 8.32 Å². The molecule has 0 N–H and O–H groups in total. The lowest BCUT2D eigenvalue weighted by molar-refractivity contribution is 0.374. The number of hydrogen-bond acceptors (Lipinski definition) is 1. The Hall–Kier alpha value is 0.177. The smallest absolute Gasteiger partial charge is 0.200 e. The zero-order chi connectivity index (χ0) is 10.2. The van der Waals surface area contributed by atoms with E-state index < -0.39 is 8.32 Å². The standard InChI is InChI=1S/C10H23OSi/c1-9(2,3)12(8,11-7)10(4,5)6/h7H2,1-6,8H3. The van der Waals surface area contributed by atoms with Crippen molar-refractivity contribution in [3.05, 3.63) is 7.11 Å². The van der Waals surface area contributed by atoms with E-state index in [0.29, 0.717) is 0 Å². The molecule has 0 fully saturated rings. The fourth-order valence-corrected chi connectivity index (χ4v) is 4.67. The molecule has 2 heteroatoms. The maximum atomic E-state index is 5.56. The van der Waals surface area contributed by atoms with Crippen molar-refractivity contribution in [2.45, 2.75) is 58.2 Å². The molecule has 0 saturated carbocycles. The van der Waals surface area contributed by atoms with Gasteiger partial charge in [-0.15, -0.1) is 0 Å². The lowest BCUT2D eigenvalue weighted by Crippen LogP contribution is -2.50. The minimum Gasteiger partial charge on any atom is -0.414 e. The quantitative estimate of drug-likeness (QED) is 0.564. The Morgan fingerprint density at radius 2 is 1.17 bits per heavy atom. The highest BCUT2D eigenvalue weighted by atomic mass is 28.4. The van der Waals surface area contributed by atoms with Crippen LogP contribution in [0.15, 0.2) is 0 Å². The molecule has 73 valence electrons. The van der Waals surface area contributed by atoms with E-state index in [2.05, 4.69) is 55.2 Å². The lowest BCUT2D eigenvalue weighted by atomic mass is 10.2. The van der Waals surface area contributed by atoms with E-state index >= 15 is 0 Å². The van der Waals surface area contributed by atoms with Crippen LogP contribution in [-0.2, 0) is 4.43 Å².